The highest BCUT2D eigenvalue weighted by molar-refractivity contribution is 5.98. The van der Waals surface area contributed by atoms with Gasteiger partial charge in [-0.2, -0.15) is 0 Å². The highest BCUT2D eigenvalue weighted by Gasteiger charge is 2.45. The first kappa shape index (κ1) is 24.2. The van der Waals surface area contributed by atoms with E-state index in [2.05, 4.69) is 56.0 Å². The van der Waals surface area contributed by atoms with Crippen LogP contribution >= 0.6 is 0 Å². The van der Waals surface area contributed by atoms with Crippen molar-refractivity contribution >= 4 is 5.71 Å². The molecule has 2 N–H and O–H groups in total. The quantitative estimate of drug-likeness (QED) is 0.282. The Bertz CT molecular complexity index is 904. The molecule has 4 nitrogen and oxygen atoms in total. The lowest BCUT2D eigenvalue weighted by Crippen LogP contribution is -2.32. The molecule has 3 saturated carbocycles. The minimum Gasteiger partial charge on any atom is -0.399 e. The van der Waals surface area contributed by atoms with Crippen LogP contribution in [0.5, 0.6) is 0 Å². The first-order valence-electron chi connectivity index (χ1n) is 12.8. The van der Waals surface area contributed by atoms with E-state index in [4.69, 9.17) is 4.84 Å². The van der Waals surface area contributed by atoms with Crippen molar-refractivity contribution in [1.82, 2.24) is 0 Å². The molecule has 3 fully saturated rings. The third-order valence-corrected chi connectivity index (χ3v) is 8.38. The summed E-state index contributed by atoms with van der Waals surface area (Å²) in [5, 5.41) is 24.4. The summed E-state index contributed by atoms with van der Waals surface area (Å²) >= 11 is 0. The normalized spacial score (nSPS) is 36.4. The highest BCUT2D eigenvalue weighted by atomic mass is 16.6. The zero-order valence-electron chi connectivity index (χ0n) is 20.6. The Hall–Kier alpha value is -1.91. The number of fused-ring (bicyclic) bond motifs is 1. The maximum Gasteiger partial charge on any atom is 0.106 e. The number of hydrogen-bond acceptors (Lipinski definition) is 4. The SMILES string of the molecule is C=C1/C(=C\C=C2/CCC[C@]3(C)C([C@H](C)C/C=C/C(=N/OC)C4CC4)=CC[C@@H]23)C[C@@H](O)C[C@@H]1O. The van der Waals surface area contributed by atoms with E-state index < -0.39 is 12.2 Å². The number of nitrogens with zero attached hydrogens (tertiary/aromatic N) is 1. The molecule has 0 unspecified atom stereocenters. The molecular formula is C29H41NO3. The standard InChI is InChI=1S/C29H41NO3/c1-19(7-5-9-27(30-33-4)22-11-12-22)25-14-15-26-21(8-6-16-29(25,26)3)10-13-23-17-24(31)18-28(32)20(23)2/h5,9-10,13-14,19,22,24,26,28,31-32H,2,6-8,11-12,15-18H2,1,3-4H3/b9-5+,21-10+,23-13-,30-27-/t19-,24-,26+,28+,29-/m1/s1. The maximum atomic E-state index is 10.2. The average Bonchev–Trinajstić information content (AvgIpc) is 3.55. The molecule has 4 heteroatoms. The molecule has 4 aliphatic rings. The van der Waals surface area contributed by atoms with Crippen LogP contribution in [0.2, 0.25) is 0 Å². The largest absolute Gasteiger partial charge is 0.399 e. The fourth-order valence-electron chi connectivity index (χ4n) is 6.33. The van der Waals surface area contributed by atoms with Crippen LogP contribution in [0.3, 0.4) is 0 Å². The van der Waals surface area contributed by atoms with Crippen molar-refractivity contribution in [2.24, 2.45) is 28.3 Å². The molecule has 0 spiro atoms. The molecule has 0 aromatic heterocycles. The Labute approximate surface area is 199 Å². The van der Waals surface area contributed by atoms with Crippen LogP contribution in [-0.2, 0) is 4.84 Å². The van der Waals surface area contributed by atoms with E-state index in [1.165, 1.54) is 31.3 Å². The van der Waals surface area contributed by atoms with Crippen LogP contribution in [0.15, 0.2) is 64.4 Å². The van der Waals surface area contributed by atoms with Crippen molar-refractivity contribution < 1.29 is 15.1 Å². The van der Waals surface area contributed by atoms with E-state index in [1.54, 1.807) is 12.7 Å². The Morgan fingerprint density at radius 1 is 1.33 bits per heavy atom. The zero-order chi connectivity index (χ0) is 23.6. The maximum absolute atomic E-state index is 10.2. The predicted octanol–water partition coefficient (Wildman–Crippen LogP) is 6.04. The molecule has 0 heterocycles. The summed E-state index contributed by atoms with van der Waals surface area (Å²) in [5.41, 5.74) is 6.19. The molecule has 4 rings (SSSR count). The van der Waals surface area contributed by atoms with Crippen LogP contribution in [0.1, 0.15) is 71.6 Å². The molecule has 4 aliphatic carbocycles. The molecule has 33 heavy (non-hydrogen) atoms. The molecule has 0 aliphatic heterocycles. The number of oxime groups is 1. The van der Waals surface area contributed by atoms with Crippen LogP contribution in [-0.4, -0.2) is 35.2 Å². The highest BCUT2D eigenvalue weighted by Crippen LogP contribution is 2.57. The van der Waals surface area contributed by atoms with E-state index in [1.807, 2.05) is 0 Å². The van der Waals surface area contributed by atoms with E-state index in [0.717, 1.165) is 36.1 Å². The van der Waals surface area contributed by atoms with Gasteiger partial charge < -0.3 is 15.1 Å². The minimum atomic E-state index is -0.627. The molecular weight excluding hydrogens is 410 g/mol. The molecule has 0 aromatic rings. The van der Waals surface area contributed by atoms with Crippen LogP contribution in [0.25, 0.3) is 0 Å². The summed E-state index contributed by atoms with van der Waals surface area (Å²) in [6, 6.07) is 0. The summed E-state index contributed by atoms with van der Waals surface area (Å²) < 4.78 is 0. The van der Waals surface area contributed by atoms with Crippen molar-refractivity contribution in [2.75, 3.05) is 7.11 Å². The smallest absolute Gasteiger partial charge is 0.106 e. The number of hydrogen-bond donors (Lipinski definition) is 2. The molecule has 0 radical (unpaired) electrons. The van der Waals surface area contributed by atoms with E-state index in [0.29, 0.717) is 30.6 Å². The average molecular weight is 452 g/mol. The molecule has 0 bridgehead atoms. The first-order chi connectivity index (χ1) is 15.8. The molecule has 5 atom stereocenters. The van der Waals surface area contributed by atoms with Crippen LogP contribution < -0.4 is 0 Å². The Morgan fingerprint density at radius 3 is 2.85 bits per heavy atom. The van der Waals surface area contributed by atoms with Gasteiger partial charge in [0.2, 0.25) is 0 Å². The Kier molecular flexibility index (Phi) is 7.45. The molecule has 180 valence electrons. The molecule has 0 aromatic carbocycles. The van der Waals surface area contributed by atoms with E-state index >= 15 is 0 Å². The third-order valence-electron chi connectivity index (χ3n) is 8.38. The lowest BCUT2D eigenvalue weighted by Gasteiger charge is -2.42. The third kappa shape index (κ3) is 5.27. The van der Waals surface area contributed by atoms with Crippen molar-refractivity contribution in [2.45, 2.75) is 83.8 Å². The fourth-order valence-corrected chi connectivity index (χ4v) is 6.33. The van der Waals surface area contributed by atoms with Gasteiger partial charge in [-0.3, -0.25) is 0 Å². The van der Waals surface area contributed by atoms with Gasteiger partial charge in [-0.1, -0.05) is 61.0 Å². The van der Waals surface area contributed by atoms with Gasteiger partial charge in [-0.05, 0) is 85.8 Å². The Balaban J connectivity index is 1.44. The Morgan fingerprint density at radius 2 is 2.12 bits per heavy atom. The van der Waals surface area contributed by atoms with Crippen LogP contribution in [0.4, 0.5) is 0 Å². The van der Waals surface area contributed by atoms with Gasteiger partial charge in [-0.25, -0.2) is 0 Å². The summed E-state index contributed by atoms with van der Waals surface area (Å²) in [5.74, 6) is 1.65. The number of aliphatic hydroxyl groups excluding tert-OH is 2. The second-order valence-corrected chi connectivity index (χ2v) is 10.8. The van der Waals surface area contributed by atoms with Gasteiger partial charge in [-0.15, -0.1) is 0 Å². The van der Waals surface area contributed by atoms with Crippen molar-refractivity contribution in [3.8, 4) is 0 Å². The lowest BCUT2D eigenvalue weighted by molar-refractivity contribution is 0.0862. The van der Waals surface area contributed by atoms with E-state index in [9.17, 15) is 10.2 Å². The second kappa shape index (κ2) is 10.1. The zero-order valence-corrected chi connectivity index (χ0v) is 20.6. The fraction of sp³-hybridized carbons (Fsp3) is 0.621. The summed E-state index contributed by atoms with van der Waals surface area (Å²) in [4.78, 5) is 5.03. The summed E-state index contributed by atoms with van der Waals surface area (Å²) in [6.07, 6.45) is 19.4. The molecule has 0 amide bonds. The number of aliphatic hydroxyl groups is 2. The molecule has 0 saturated heterocycles. The number of rotatable bonds is 7. The van der Waals surface area contributed by atoms with Gasteiger partial charge in [0, 0.05) is 12.3 Å². The van der Waals surface area contributed by atoms with Crippen molar-refractivity contribution in [3.63, 3.8) is 0 Å². The van der Waals surface area contributed by atoms with Crippen molar-refractivity contribution in [3.05, 3.63) is 59.3 Å². The summed E-state index contributed by atoms with van der Waals surface area (Å²) in [6.45, 7) is 8.89. The van der Waals surface area contributed by atoms with Gasteiger partial charge in [0.15, 0.2) is 0 Å². The van der Waals surface area contributed by atoms with Gasteiger partial charge in [0.1, 0.15) is 7.11 Å². The first-order valence-corrected chi connectivity index (χ1v) is 12.8. The van der Waals surface area contributed by atoms with Crippen molar-refractivity contribution in [1.29, 1.82) is 0 Å². The minimum absolute atomic E-state index is 0.221. The monoisotopic (exact) mass is 451 g/mol. The summed E-state index contributed by atoms with van der Waals surface area (Å²) in [7, 11) is 1.63. The second-order valence-electron chi connectivity index (χ2n) is 10.8. The van der Waals surface area contributed by atoms with Gasteiger partial charge in [0.05, 0.1) is 17.9 Å². The topological polar surface area (TPSA) is 62.0 Å². The van der Waals surface area contributed by atoms with Gasteiger partial charge >= 0.3 is 0 Å². The van der Waals surface area contributed by atoms with Crippen LogP contribution in [0, 0.1) is 23.2 Å². The predicted molar refractivity (Wildman–Crippen MR) is 135 cm³/mol. The number of allylic oxidation sites excluding steroid dienone is 7. The lowest BCUT2D eigenvalue weighted by atomic mass is 9.62. The van der Waals surface area contributed by atoms with E-state index in [-0.39, 0.29) is 5.41 Å². The van der Waals surface area contributed by atoms with Gasteiger partial charge in [0.25, 0.3) is 0 Å².